The summed E-state index contributed by atoms with van der Waals surface area (Å²) in [6.07, 6.45) is 2.86. The lowest BCUT2D eigenvalue weighted by Crippen LogP contribution is -2.53. The van der Waals surface area contributed by atoms with Crippen LogP contribution in [0, 0.1) is 11.8 Å². The molecule has 1 saturated carbocycles. The van der Waals surface area contributed by atoms with Crippen molar-refractivity contribution in [2.24, 2.45) is 11.8 Å². The molecule has 1 aromatic carbocycles. The van der Waals surface area contributed by atoms with E-state index in [9.17, 15) is 14.7 Å². The van der Waals surface area contributed by atoms with Crippen LogP contribution in [0.4, 0.5) is 0 Å². The molecule has 2 amide bonds. The maximum atomic E-state index is 12.4. The molecule has 1 heterocycles. The van der Waals surface area contributed by atoms with Gasteiger partial charge in [-0.2, -0.15) is 0 Å². The molecule has 4 nitrogen and oxygen atoms in total. The molecule has 2 bridgehead atoms. The lowest BCUT2D eigenvalue weighted by atomic mass is 9.94. The highest BCUT2D eigenvalue weighted by Crippen LogP contribution is 2.39. The van der Waals surface area contributed by atoms with E-state index >= 15 is 0 Å². The second kappa shape index (κ2) is 5.37. The van der Waals surface area contributed by atoms with Gasteiger partial charge in [-0.15, -0.1) is 0 Å². The van der Waals surface area contributed by atoms with Crippen LogP contribution in [-0.4, -0.2) is 34.5 Å². The number of likely N-dealkylation sites (tertiary alicyclic amines) is 1. The molecule has 20 heavy (non-hydrogen) atoms. The fourth-order valence-electron chi connectivity index (χ4n) is 3.42. The molecule has 4 heteroatoms. The molecule has 1 aromatic rings. The van der Waals surface area contributed by atoms with Gasteiger partial charge in [-0.25, -0.2) is 0 Å². The summed E-state index contributed by atoms with van der Waals surface area (Å²) in [5.41, 5.74) is 1.03. The second-order valence-corrected chi connectivity index (χ2v) is 5.78. The van der Waals surface area contributed by atoms with Crippen LogP contribution in [-0.2, 0) is 16.0 Å². The Bertz CT molecular complexity index is 492. The van der Waals surface area contributed by atoms with Crippen molar-refractivity contribution in [3.63, 3.8) is 0 Å². The zero-order chi connectivity index (χ0) is 14.1. The van der Waals surface area contributed by atoms with E-state index in [1.807, 2.05) is 30.3 Å². The zero-order valence-corrected chi connectivity index (χ0v) is 11.4. The minimum absolute atomic E-state index is 0.0116. The van der Waals surface area contributed by atoms with Crippen LogP contribution < -0.4 is 0 Å². The van der Waals surface area contributed by atoms with Crippen LogP contribution in [0.25, 0.3) is 0 Å². The number of carbonyl (C=O) groups is 2. The van der Waals surface area contributed by atoms with Crippen LogP contribution in [0.3, 0.4) is 0 Å². The van der Waals surface area contributed by atoms with Crippen molar-refractivity contribution in [1.29, 1.82) is 0 Å². The third-order valence-electron chi connectivity index (χ3n) is 4.50. The van der Waals surface area contributed by atoms with E-state index in [1.54, 1.807) is 0 Å². The molecule has 0 radical (unpaired) electrons. The maximum absolute atomic E-state index is 12.4. The first kappa shape index (κ1) is 13.3. The molecule has 2 fully saturated rings. The van der Waals surface area contributed by atoms with Crippen LogP contribution in [0.2, 0.25) is 0 Å². The molecular weight excluding hydrogens is 254 g/mol. The molecule has 3 atom stereocenters. The Morgan fingerprint density at radius 3 is 2.25 bits per heavy atom. The summed E-state index contributed by atoms with van der Waals surface area (Å²) in [6.45, 7) is -0.175. The van der Waals surface area contributed by atoms with Crippen molar-refractivity contribution in [3.05, 3.63) is 35.9 Å². The van der Waals surface area contributed by atoms with Crippen LogP contribution >= 0.6 is 0 Å². The van der Waals surface area contributed by atoms with Crippen molar-refractivity contribution < 1.29 is 14.7 Å². The van der Waals surface area contributed by atoms with Crippen molar-refractivity contribution in [2.75, 3.05) is 6.61 Å². The second-order valence-electron chi connectivity index (χ2n) is 5.78. The normalized spacial score (nSPS) is 26.9. The SMILES string of the molecule is O=C1C2CCC(C2)C(=O)N1[C@@H](CO)Cc1ccccc1. The summed E-state index contributed by atoms with van der Waals surface area (Å²) in [6, 6.07) is 9.25. The molecule has 1 N–H and O–H groups in total. The summed E-state index contributed by atoms with van der Waals surface area (Å²) in [4.78, 5) is 26.1. The van der Waals surface area contributed by atoms with Crippen LogP contribution in [0.15, 0.2) is 30.3 Å². The van der Waals surface area contributed by atoms with Gasteiger partial charge in [-0.05, 0) is 31.2 Å². The average molecular weight is 273 g/mol. The Balaban J connectivity index is 1.81. The monoisotopic (exact) mass is 273 g/mol. The van der Waals surface area contributed by atoms with Crippen LogP contribution in [0.1, 0.15) is 24.8 Å². The van der Waals surface area contributed by atoms with Crippen molar-refractivity contribution in [1.82, 2.24) is 4.90 Å². The third kappa shape index (κ3) is 2.24. The van der Waals surface area contributed by atoms with Gasteiger partial charge in [0, 0.05) is 11.8 Å². The van der Waals surface area contributed by atoms with Crippen LogP contribution in [0.5, 0.6) is 0 Å². The third-order valence-corrected chi connectivity index (χ3v) is 4.50. The lowest BCUT2D eigenvalue weighted by Gasteiger charge is -2.35. The minimum atomic E-state index is -0.430. The summed E-state index contributed by atoms with van der Waals surface area (Å²) >= 11 is 0. The van der Waals surface area contributed by atoms with E-state index in [-0.39, 0.29) is 30.3 Å². The molecule has 106 valence electrons. The van der Waals surface area contributed by atoms with Crippen molar-refractivity contribution >= 4 is 11.8 Å². The summed E-state index contributed by atoms with van der Waals surface area (Å²) in [7, 11) is 0. The lowest BCUT2D eigenvalue weighted by molar-refractivity contribution is -0.156. The molecule has 0 aromatic heterocycles. The number of amides is 2. The number of rotatable bonds is 4. The minimum Gasteiger partial charge on any atom is -0.394 e. The Morgan fingerprint density at radius 1 is 1.10 bits per heavy atom. The highest BCUT2D eigenvalue weighted by molar-refractivity contribution is 6.01. The summed E-state index contributed by atoms with van der Waals surface area (Å²) in [5, 5.41) is 9.62. The first-order chi connectivity index (χ1) is 9.70. The molecule has 2 aliphatic rings. The highest BCUT2D eigenvalue weighted by Gasteiger charge is 2.47. The van der Waals surface area contributed by atoms with Gasteiger partial charge in [0.25, 0.3) is 0 Å². The van der Waals surface area contributed by atoms with Gasteiger partial charge in [0.2, 0.25) is 11.8 Å². The largest absolute Gasteiger partial charge is 0.394 e. The first-order valence-corrected chi connectivity index (χ1v) is 7.22. The number of nitrogens with zero attached hydrogens (tertiary/aromatic N) is 1. The molecule has 1 aliphatic heterocycles. The van der Waals surface area contributed by atoms with E-state index in [2.05, 4.69) is 0 Å². The number of hydrogen-bond acceptors (Lipinski definition) is 3. The first-order valence-electron chi connectivity index (χ1n) is 7.22. The standard InChI is InChI=1S/C16H19NO3/c18-10-14(8-11-4-2-1-3-5-11)17-15(19)12-6-7-13(9-12)16(17)20/h1-5,12-14,18H,6-10H2/t12?,13?,14-/m1/s1. The Labute approximate surface area is 118 Å². The predicted molar refractivity (Wildman–Crippen MR) is 73.7 cm³/mol. The molecule has 3 rings (SSSR count). The van der Waals surface area contributed by atoms with Gasteiger partial charge >= 0.3 is 0 Å². The fourth-order valence-corrected chi connectivity index (χ4v) is 3.42. The number of aliphatic hydroxyl groups excluding tert-OH is 1. The predicted octanol–water partition coefficient (Wildman–Crippen LogP) is 1.38. The van der Waals surface area contributed by atoms with Gasteiger partial charge in [0.15, 0.2) is 0 Å². The molecule has 0 spiro atoms. The maximum Gasteiger partial charge on any atom is 0.232 e. The van der Waals surface area contributed by atoms with E-state index in [0.29, 0.717) is 12.8 Å². The van der Waals surface area contributed by atoms with Crippen molar-refractivity contribution in [2.45, 2.75) is 31.7 Å². The zero-order valence-electron chi connectivity index (χ0n) is 11.4. The number of aliphatic hydroxyl groups is 1. The van der Waals surface area contributed by atoms with E-state index in [1.165, 1.54) is 4.90 Å². The van der Waals surface area contributed by atoms with Gasteiger partial charge in [0.05, 0.1) is 12.6 Å². The van der Waals surface area contributed by atoms with E-state index in [4.69, 9.17) is 0 Å². The number of fused-ring (bicyclic) bond motifs is 2. The number of imide groups is 1. The number of hydrogen-bond donors (Lipinski definition) is 1. The van der Waals surface area contributed by atoms with Gasteiger partial charge < -0.3 is 5.11 Å². The summed E-state index contributed by atoms with van der Waals surface area (Å²) in [5.74, 6) is -0.192. The Morgan fingerprint density at radius 2 is 1.70 bits per heavy atom. The van der Waals surface area contributed by atoms with E-state index in [0.717, 1.165) is 18.4 Å². The quantitative estimate of drug-likeness (QED) is 0.843. The number of carbonyl (C=O) groups excluding carboxylic acids is 2. The fraction of sp³-hybridized carbons (Fsp3) is 0.500. The highest BCUT2D eigenvalue weighted by atomic mass is 16.3. The van der Waals surface area contributed by atoms with Gasteiger partial charge in [0.1, 0.15) is 0 Å². The molecule has 2 unspecified atom stereocenters. The summed E-state index contributed by atoms with van der Waals surface area (Å²) < 4.78 is 0. The van der Waals surface area contributed by atoms with Gasteiger partial charge in [-0.3, -0.25) is 14.5 Å². The smallest absolute Gasteiger partial charge is 0.232 e. The molecule has 1 aliphatic carbocycles. The Kier molecular flexibility index (Phi) is 3.57. The topological polar surface area (TPSA) is 57.6 Å². The van der Waals surface area contributed by atoms with E-state index < -0.39 is 6.04 Å². The molecule has 1 saturated heterocycles. The van der Waals surface area contributed by atoms with Gasteiger partial charge in [-0.1, -0.05) is 30.3 Å². The Hall–Kier alpha value is -1.68. The van der Waals surface area contributed by atoms with Crippen molar-refractivity contribution in [3.8, 4) is 0 Å². The number of piperidine rings is 1. The molecular formula is C16H19NO3. The number of benzene rings is 1. The average Bonchev–Trinajstić information content (AvgIpc) is 2.92.